The van der Waals surface area contributed by atoms with E-state index in [0.717, 1.165) is 5.56 Å². The number of carbonyl (C=O) groups is 1. The Morgan fingerprint density at radius 1 is 1.40 bits per heavy atom. The maximum absolute atomic E-state index is 11.0. The van der Waals surface area contributed by atoms with Crippen molar-refractivity contribution in [3.8, 4) is 0 Å². The lowest BCUT2D eigenvalue weighted by molar-refractivity contribution is -0.137. The zero-order valence-electron chi connectivity index (χ0n) is 8.77. The molecule has 0 heterocycles. The van der Waals surface area contributed by atoms with E-state index in [1.54, 1.807) is 13.0 Å². The Kier molecular flexibility index (Phi) is 4.35. The molecule has 0 spiro atoms. The average Bonchev–Trinajstić information content (AvgIpc) is 2.25. The predicted octanol–water partition coefficient (Wildman–Crippen LogP) is 2.82. The van der Waals surface area contributed by atoms with Gasteiger partial charge in [-0.15, -0.1) is 0 Å². The topological polar surface area (TPSA) is 26.3 Å². The van der Waals surface area contributed by atoms with E-state index in [0.29, 0.717) is 5.57 Å². The zero-order chi connectivity index (χ0) is 11.1. The Labute approximate surface area is 89.9 Å². The summed E-state index contributed by atoms with van der Waals surface area (Å²) in [4.78, 5) is 11.0. The molecule has 15 heavy (non-hydrogen) atoms. The van der Waals surface area contributed by atoms with Gasteiger partial charge in [-0.25, -0.2) is 4.79 Å². The number of ether oxygens (including phenoxy) is 1. The van der Waals surface area contributed by atoms with Gasteiger partial charge < -0.3 is 4.74 Å². The van der Waals surface area contributed by atoms with Gasteiger partial charge in [0.25, 0.3) is 0 Å². The van der Waals surface area contributed by atoms with Crippen molar-refractivity contribution in [2.75, 3.05) is 6.61 Å². The number of carbonyl (C=O) groups excluding carboxylic acids is 1. The molecule has 0 N–H and O–H groups in total. The second kappa shape index (κ2) is 5.81. The summed E-state index contributed by atoms with van der Waals surface area (Å²) in [6, 6.07) is 9.84. The first-order valence-corrected chi connectivity index (χ1v) is 4.74. The monoisotopic (exact) mass is 202 g/mol. The second-order valence-electron chi connectivity index (χ2n) is 3.19. The second-order valence-corrected chi connectivity index (χ2v) is 3.19. The highest BCUT2D eigenvalue weighted by molar-refractivity contribution is 5.87. The summed E-state index contributed by atoms with van der Waals surface area (Å²) in [6.45, 7) is 5.40. The molecule has 1 aromatic rings. The van der Waals surface area contributed by atoms with Gasteiger partial charge in [0.1, 0.15) is 6.61 Å². The van der Waals surface area contributed by atoms with Crippen molar-refractivity contribution in [1.82, 2.24) is 0 Å². The van der Waals surface area contributed by atoms with E-state index in [4.69, 9.17) is 4.74 Å². The van der Waals surface area contributed by atoms with Crippen molar-refractivity contribution in [1.29, 1.82) is 0 Å². The largest absolute Gasteiger partial charge is 0.458 e. The molecule has 0 aliphatic heterocycles. The van der Waals surface area contributed by atoms with E-state index < -0.39 is 0 Å². The van der Waals surface area contributed by atoms with Crippen LogP contribution in [0.4, 0.5) is 0 Å². The minimum atomic E-state index is -0.354. The smallest absolute Gasteiger partial charge is 0.333 e. The van der Waals surface area contributed by atoms with Gasteiger partial charge in [-0.3, -0.25) is 0 Å². The van der Waals surface area contributed by atoms with Crippen LogP contribution in [0.2, 0.25) is 0 Å². The van der Waals surface area contributed by atoms with Crippen LogP contribution in [0.5, 0.6) is 0 Å². The highest BCUT2D eigenvalue weighted by atomic mass is 16.5. The van der Waals surface area contributed by atoms with Gasteiger partial charge in [-0.1, -0.05) is 43.0 Å². The number of rotatable bonds is 4. The molecule has 2 nitrogen and oxygen atoms in total. The van der Waals surface area contributed by atoms with Crippen molar-refractivity contribution >= 4 is 12.0 Å². The Bertz CT molecular complexity index is 363. The molecule has 0 saturated carbocycles. The summed E-state index contributed by atoms with van der Waals surface area (Å²) < 4.78 is 4.90. The third-order valence-electron chi connectivity index (χ3n) is 1.77. The maximum Gasteiger partial charge on any atom is 0.333 e. The lowest BCUT2D eigenvalue weighted by Gasteiger charge is -1.99. The van der Waals surface area contributed by atoms with E-state index in [9.17, 15) is 4.79 Å². The van der Waals surface area contributed by atoms with E-state index in [1.165, 1.54) is 0 Å². The van der Waals surface area contributed by atoms with Gasteiger partial charge in [0.2, 0.25) is 0 Å². The Morgan fingerprint density at radius 2 is 2.07 bits per heavy atom. The highest BCUT2D eigenvalue weighted by Crippen LogP contribution is 2.01. The first kappa shape index (κ1) is 11.2. The molecule has 0 atom stereocenters. The molecule has 0 aromatic heterocycles. The molecule has 1 rings (SSSR count). The molecular formula is C13H14O2. The van der Waals surface area contributed by atoms with E-state index in [1.807, 2.05) is 36.4 Å². The zero-order valence-corrected chi connectivity index (χ0v) is 8.77. The van der Waals surface area contributed by atoms with Gasteiger partial charge in [-0.2, -0.15) is 0 Å². The first-order valence-electron chi connectivity index (χ1n) is 4.74. The molecular weight excluding hydrogens is 188 g/mol. The molecule has 0 aliphatic rings. The SMILES string of the molecule is C=C(C)C(=O)OC/C=C/c1ccccc1. The summed E-state index contributed by atoms with van der Waals surface area (Å²) in [5.41, 5.74) is 1.51. The van der Waals surface area contributed by atoms with Gasteiger partial charge in [0.15, 0.2) is 0 Å². The van der Waals surface area contributed by atoms with Crippen molar-refractivity contribution in [3.05, 3.63) is 54.1 Å². The molecule has 0 unspecified atom stereocenters. The van der Waals surface area contributed by atoms with Crippen LogP contribution in [0, 0.1) is 0 Å². The Hall–Kier alpha value is -1.83. The van der Waals surface area contributed by atoms with Crippen molar-refractivity contribution in [2.45, 2.75) is 6.92 Å². The lowest BCUT2D eigenvalue weighted by Crippen LogP contribution is -2.04. The molecule has 0 fully saturated rings. The fourth-order valence-corrected chi connectivity index (χ4v) is 0.995. The molecule has 2 heteroatoms. The Morgan fingerprint density at radius 3 is 2.67 bits per heavy atom. The molecule has 0 aliphatic carbocycles. The lowest BCUT2D eigenvalue weighted by atomic mass is 10.2. The quantitative estimate of drug-likeness (QED) is 0.554. The average molecular weight is 202 g/mol. The molecule has 1 aromatic carbocycles. The van der Waals surface area contributed by atoms with Crippen LogP contribution >= 0.6 is 0 Å². The molecule has 0 saturated heterocycles. The summed E-state index contributed by atoms with van der Waals surface area (Å²) >= 11 is 0. The van der Waals surface area contributed by atoms with Crippen molar-refractivity contribution < 1.29 is 9.53 Å². The fraction of sp³-hybridized carbons (Fsp3) is 0.154. The summed E-state index contributed by atoms with van der Waals surface area (Å²) in [5, 5.41) is 0. The van der Waals surface area contributed by atoms with Crippen molar-refractivity contribution in [2.24, 2.45) is 0 Å². The number of hydrogen-bond donors (Lipinski definition) is 0. The van der Waals surface area contributed by atoms with E-state index in [2.05, 4.69) is 6.58 Å². The van der Waals surface area contributed by atoms with Crippen LogP contribution < -0.4 is 0 Å². The Balaban J connectivity index is 2.35. The number of hydrogen-bond acceptors (Lipinski definition) is 2. The predicted molar refractivity (Wildman–Crippen MR) is 61.2 cm³/mol. The third-order valence-corrected chi connectivity index (χ3v) is 1.77. The summed E-state index contributed by atoms with van der Waals surface area (Å²) in [5.74, 6) is -0.354. The minimum absolute atomic E-state index is 0.278. The maximum atomic E-state index is 11.0. The van der Waals surface area contributed by atoms with Crippen LogP contribution in [0.3, 0.4) is 0 Å². The van der Waals surface area contributed by atoms with Gasteiger partial charge in [-0.05, 0) is 18.6 Å². The highest BCUT2D eigenvalue weighted by Gasteiger charge is 1.99. The third kappa shape index (κ3) is 4.27. The van der Waals surface area contributed by atoms with Crippen LogP contribution in [-0.4, -0.2) is 12.6 Å². The first-order chi connectivity index (χ1) is 7.20. The van der Waals surface area contributed by atoms with Crippen molar-refractivity contribution in [3.63, 3.8) is 0 Å². The number of benzene rings is 1. The fourth-order valence-electron chi connectivity index (χ4n) is 0.995. The van der Waals surface area contributed by atoms with Crippen LogP contribution in [0.15, 0.2) is 48.6 Å². The van der Waals surface area contributed by atoms with Crippen LogP contribution in [0.25, 0.3) is 6.08 Å². The molecule has 0 amide bonds. The number of esters is 1. The van der Waals surface area contributed by atoms with Gasteiger partial charge in [0.05, 0.1) is 0 Å². The standard InChI is InChI=1S/C13H14O2/c1-11(2)13(14)15-10-6-9-12-7-4-3-5-8-12/h3-9H,1,10H2,2H3/b9-6+. The summed E-state index contributed by atoms with van der Waals surface area (Å²) in [7, 11) is 0. The van der Waals surface area contributed by atoms with E-state index >= 15 is 0 Å². The molecule has 78 valence electrons. The van der Waals surface area contributed by atoms with Crippen LogP contribution in [-0.2, 0) is 9.53 Å². The molecule has 0 bridgehead atoms. The normalized spacial score (nSPS) is 10.2. The van der Waals surface area contributed by atoms with E-state index in [-0.39, 0.29) is 12.6 Å². The molecule has 0 radical (unpaired) electrons. The summed E-state index contributed by atoms with van der Waals surface area (Å²) in [6.07, 6.45) is 3.71. The van der Waals surface area contributed by atoms with Gasteiger partial charge >= 0.3 is 5.97 Å². The van der Waals surface area contributed by atoms with Crippen LogP contribution in [0.1, 0.15) is 12.5 Å². The van der Waals surface area contributed by atoms with Gasteiger partial charge in [0, 0.05) is 5.57 Å². The minimum Gasteiger partial charge on any atom is -0.458 e.